The molecule has 1 rings (SSSR count). The molecule has 0 radical (unpaired) electrons. The van der Waals surface area contributed by atoms with E-state index in [1.165, 1.54) is 12.8 Å². The van der Waals surface area contributed by atoms with Crippen LogP contribution < -0.4 is 11.1 Å². The van der Waals surface area contributed by atoms with E-state index in [-0.39, 0.29) is 11.9 Å². The van der Waals surface area contributed by atoms with Gasteiger partial charge in [-0.25, -0.2) is 0 Å². The maximum atomic E-state index is 11.3. The molecule has 0 aromatic rings. The van der Waals surface area contributed by atoms with Gasteiger partial charge in [0.2, 0.25) is 5.91 Å². The van der Waals surface area contributed by atoms with Gasteiger partial charge < -0.3 is 11.1 Å². The molecule has 1 fully saturated rings. The lowest BCUT2D eigenvalue weighted by Crippen LogP contribution is -2.53. The number of nitrogens with two attached hydrogens (primary N) is 1. The highest BCUT2D eigenvalue weighted by molar-refractivity contribution is 5.80. The molecule has 4 heteroatoms. The second kappa shape index (κ2) is 6.21. The number of rotatable bonds is 5. The molecule has 0 spiro atoms. The monoisotopic (exact) mass is 227 g/mol. The maximum Gasteiger partial charge on any atom is 0.235 e. The number of carbonyl (C=O) groups excluding carboxylic acids is 1. The van der Waals surface area contributed by atoms with Gasteiger partial charge in [-0.3, -0.25) is 9.69 Å². The van der Waals surface area contributed by atoms with Gasteiger partial charge in [-0.15, -0.1) is 0 Å². The highest BCUT2D eigenvalue weighted by Gasteiger charge is 2.26. The van der Waals surface area contributed by atoms with E-state index in [1.54, 1.807) is 0 Å². The zero-order valence-electron chi connectivity index (χ0n) is 10.7. The molecular formula is C12H25N3O. The lowest BCUT2D eigenvalue weighted by Gasteiger charge is -2.38. The predicted molar refractivity (Wildman–Crippen MR) is 66.1 cm³/mol. The van der Waals surface area contributed by atoms with Gasteiger partial charge in [-0.05, 0) is 32.2 Å². The summed E-state index contributed by atoms with van der Waals surface area (Å²) >= 11 is 0. The molecule has 1 aliphatic heterocycles. The Balaban J connectivity index is 2.51. The van der Waals surface area contributed by atoms with Crippen LogP contribution in [0.25, 0.3) is 0 Å². The zero-order valence-corrected chi connectivity index (χ0v) is 10.7. The minimum absolute atomic E-state index is 0.210. The van der Waals surface area contributed by atoms with Crippen molar-refractivity contribution < 1.29 is 4.79 Å². The van der Waals surface area contributed by atoms with E-state index < -0.39 is 0 Å². The van der Waals surface area contributed by atoms with Crippen molar-refractivity contribution in [2.75, 3.05) is 19.6 Å². The van der Waals surface area contributed by atoms with Gasteiger partial charge in [0.15, 0.2) is 0 Å². The van der Waals surface area contributed by atoms with Crippen LogP contribution in [-0.2, 0) is 4.79 Å². The fraction of sp³-hybridized carbons (Fsp3) is 0.917. The van der Waals surface area contributed by atoms with E-state index in [0.29, 0.717) is 6.04 Å². The molecule has 1 aliphatic rings. The number of likely N-dealkylation sites (N-methyl/N-ethyl adjacent to an activating group) is 1. The van der Waals surface area contributed by atoms with Crippen molar-refractivity contribution in [1.29, 1.82) is 0 Å². The summed E-state index contributed by atoms with van der Waals surface area (Å²) in [5.41, 5.74) is 5.39. The first-order valence-electron chi connectivity index (χ1n) is 6.31. The van der Waals surface area contributed by atoms with Gasteiger partial charge in [0, 0.05) is 19.1 Å². The SMILES string of the molecule is CCNC(CN1CC(C)CCC1C)C(N)=O. The average molecular weight is 227 g/mol. The van der Waals surface area contributed by atoms with Crippen LogP contribution in [0.4, 0.5) is 0 Å². The Hall–Kier alpha value is -0.610. The first kappa shape index (κ1) is 13.5. The van der Waals surface area contributed by atoms with Crippen LogP contribution in [0, 0.1) is 5.92 Å². The Labute approximate surface area is 98.6 Å². The number of piperidine rings is 1. The molecule has 3 N–H and O–H groups in total. The molecule has 1 saturated heterocycles. The molecule has 4 nitrogen and oxygen atoms in total. The fourth-order valence-electron chi connectivity index (χ4n) is 2.37. The van der Waals surface area contributed by atoms with Crippen molar-refractivity contribution in [2.24, 2.45) is 11.7 Å². The van der Waals surface area contributed by atoms with Crippen molar-refractivity contribution in [2.45, 2.75) is 45.7 Å². The van der Waals surface area contributed by atoms with Gasteiger partial charge in [-0.2, -0.15) is 0 Å². The maximum absolute atomic E-state index is 11.3. The number of likely N-dealkylation sites (tertiary alicyclic amines) is 1. The molecule has 0 aromatic carbocycles. The first-order valence-corrected chi connectivity index (χ1v) is 6.31. The molecule has 3 unspecified atom stereocenters. The van der Waals surface area contributed by atoms with Crippen LogP contribution in [0.15, 0.2) is 0 Å². The van der Waals surface area contributed by atoms with Crippen LogP contribution in [0.3, 0.4) is 0 Å². The molecular weight excluding hydrogens is 202 g/mol. The Morgan fingerprint density at radius 3 is 2.75 bits per heavy atom. The third-order valence-corrected chi connectivity index (χ3v) is 3.46. The smallest absolute Gasteiger partial charge is 0.235 e. The molecule has 1 amide bonds. The zero-order chi connectivity index (χ0) is 12.1. The third kappa shape index (κ3) is 3.76. The summed E-state index contributed by atoms with van der Waals surface area (Å²) in [4.78, 5) is 13.7. The molecule has 0 aliphatic carbocycles. The van der Waals surface area contributed by atoms with Crippen molar-refractivity contribution >= 4 is 5.91 Å². The molecule has 16 heavy (non-hydrogen) atoms. The number of carbonyl (C=O) groups is 1. The van der Waals surface area contributed by atoms with Crippen molar-refractivity contribution in [3.05, 3.63) is 0 Å². The summed E-state index contributed by atoms with van der Waals surface area (Å²) in [5, 5.41) is 3.15. The summed E-state index contributed by atoms with van der Waals surface area (Å²) in [5.74, 6) is 0.485. The second-order valence-electron chi connectivity index (χ2n) is 5.00. The summed E-state index contributed by atoms with van der Waals surface area (Å²) in [6.45, 7) is 9.11. The lowest BCUT2D eigenvalue weighted by molar-refractivity contribution is -0.120. The first-order chi connectivity index (χ1) is 7.54. The molecule has 0 aromatic heterocycles. The van der Waals surface area contributed by atoms with Crippen molar-refractivity contribution in [3.8, 4) is 0 Å². The topological polar surface area (TPSA) is 58.4 Å². The predicted octanol–water partition coefficient (Wildman–Crippen LogP) is 0.570. The fourth-order valence-corrected chi connectivity index (χ4v) is 2.37. The second-order valence-corrected chi connectivity index (χ2v) is 5.00. The van der Waals surface area contributed by atoms with Crippen LogP contribution in [0.1, 0.15) is 33.6 Å². The van der Waals surface area contributed by atoms with Gasteiger partial charge in [0.05, 0.1) is 6.04 Å². The highest BCUT2D eigenvalue weighted by atomic mass is 16.1. The largest absolute Gasteiger partial charge is 0.368 e. The van der Waals surface area contributed by atoms with Gasteiger partial charge in [-0.1, -0.05) is 13.8 Å². The molecule has 0 bridgehead atoms. The average Bonchev–Trinajstić information content (AvgIpc) is 2.22. The van der Waals surface area contributed by atoms with E-state index in [0.717, 1.165) is 25.6 Å². The quantitative estimate of drug-likeness (QED) is 0.722. The Morgan fingerprint density at radius 1 is 1.50 bits per heavy atom. The van der Waals surface area contributed by atoms with Crippen molar-refractivity contribution in [1.82, 2.24) is 10.2 Å². The number of nitrogens with one attached hydrogen (secondary N) is 1. The standard InChI is InChI=1S/C12H25N3O/c1-4-14-11(12(13)16)8-15-7-9(2)5-6-10(15)3/h9-11,14H,4-8H2,1-3H3,(H2,13,16). The summed E-state index contributed by atoms with van der Waals surface area (Å²) in [7, 11) is 0. The third-order valence-electron chi connectivity index (χ3n) is 3.46. The lowest BCUT2D eigenvalue weighted by atomic mass is 9.94. The number of hydrogen-bond donors (Lipinski definition) is 2. The Morgan fingerprint density at radius 2 is 2.19 bits per heavy atom. The van der Waals surface area contributed by atoms with Crippen LogP contribution in [-0.4, -0.2) is 42.5 Å². The Kier molecular flexibility index (Phi) is 5.22. The normalized spacial score (nSPS) is 28.9. The molecule has 94 valence electrons. The van der Waals surface area contributed by atoms with Gasteiger partial charge in [0.25, 0.3) is 0 Å². The number of nitrogens with zero attached hydrogens (tertiary/aromatic N) is 1. The summed E-state index contributed by atoms with van der Waals surface area (Å²) in [6.07, 6.45) is 2.51. The van der Waals surface area contributed by atoms with E-state index in [2.05, 4.69) is 24.1 Å². The van der Waals surface area contributed by atoms with Crippen molar-refractivity contribution in [3.63, 3.8) is 0 Å². The minimum atomic E-state index is -0.243. The van der Waals surface area contributed by atoms with E-state index in [1.807, 2.05) is 6.92 Å². The van der Waals surface area contributed by atoms with E-state index >= 15 is 0 Å². The number of hydrogen-bond acceptors (Lipinski definition) is 3. The van der Waals surface area contributed by atoms with E-state index in [4.69, 9.17) is 5.73 Å². The van der Waals surface area contributed by atoms with Gasteiger partial charge in [0.1, 0.15) is 0 Å². The number of primary amides is 1. The van der Waals surface area contributed by atoms with Gasteiger partial charge >= 0.3 is 0 Å². The minimum Gasteiger partial charge on any atom is -0.368 e. The summed E-state index contributed by atoms with van der Waals surface area (Å²) < 4.78 is 0. The van der Waals surface area contributed by atoms with Crippen LogP contribution in [0.5, 0.6) is 0 Å². The Bertz CT molecular complexity index is 232. The summed E-state index contributed by atoms with van der Waals surface area (Å²) in [6, 6.07) is 0.356. The molecule has 1 heterocycles. The number of amides is 1. The van der Waals surface area contributed by atoms with E-state index in [9.17, 15) is 4.79 Å². The molecule has 0 saturated carbocycles. The highest BCUT2D eigenvalue weighted by Crippen LogP contribution is 2.21. The van der Waals surface area contributed by atoms with Crippen LogP contribution >= 0.6 is 0 Å². The molecule has 3 atom stereocenters. The van der Waals surface area contributed by atoms with Crippen LogP contribution in [0.2, 0.25) is 0 Å².